The Kier molecular flexibility index (Phi) is 6.80. The summed E-state index contributed by atoms with van der Waals surface area (Å²) in [7, 11) is 3.33. The van der Waals surface area contributed by atoms with Crippen LogP contribution < -0.4 is 14.8 Å². The smallest absolute Gasteiger partial charge is 0.238 e. The third kappa shape index (κ3) is 4.73. The summed E-state index contributed by atoms with van der Waals surface area (Å²) in [6.45, 7) is 7.61. The van der Waals surface area contributed by atoms with Gasteiger partial charge in [0.1, 0.15) is 11.5 Å². The molecule has 1 aliphatic rings. The van der Waals surface area contributed by atoms with Gasteiger partial charge >= 0.3 is 0 Å². The van der Waals surface area contributed by atoms with E-state index in [2.05, 4.69) is 36.2 Å². The Morgan fingerprint density at radius 1 is 1.21 bits per heavy atom. The van der Waals surface area contributed by atoms with Gasteiger partial charge in [0.25, 0.3) is 0 Å². The van der Waals surface area contributed by atoms with E-state index in [1.54, 1.807) is 14.2 Å². The van der Waals surface area contributed by atoms with Gasteiger partial charge in [-0.25, -0.2) is 0 Å². The Labute approximate surface area is 174 Å². The Morgan fingerprint density at radius 3 is 2.69 bits per heavy atom. The van der Waals surface area contributed by atoms with Gasteiger partial charge in [0, 0.05) is 23.4 Å². The molecule has 3 rings (SSSR count). The number of hydrogen-bond donors (Lipinski definition) is 1. The number of aryl methyl sites for hydroxylation is 1. The minimum Gasteiger partial charge on any atom is -0.497 e. The predicted molar refractivity (Wildman–Crippen MR) is 117 cm³/mol. The number of rotatable bonds is 7. The zero-order chi connectivity index (χ0) is 21.0. The van der Waals surface area contributed by atoms with Gasteiger partial charge in [0.05, 0.1) is 20.8 Å². The van der Waals surface area contributed by atoms with Crippen LogP contribution in [0, 0.1) is 6.92 Å². The fourth-order valence-electron chi connectivity index (χ4n) is 4.17. The lowest BCUT2D eigenvalue weighted by molar-refractivity contribution is -0.117. The first-order valence-electron chi connectivity index (χ1n) is 10.3. The van der Waals surface area contributed by atoms with Crippen molar-refractivity contribution in [1.29, 1.82) is 0 Å². The van der Waals surface area contributed by atoms with Crippen molar-refractivity contribution in [2.24, 2.45) is 0 Å². The molecule has 0 saturated carbocycles. The van der Waals surface area contributed by atoms with E-state index in [0.29, 0.717) is 12.5 Å². The lowest BCUT2D eigenvalue weighted by Gasteiger charge is -2.26. The van der Waals surface area contributed by atoms with Crippen molar-refractivity contribution in [1.82, 2.24) is 4.90 Å². The fourth-order valence-corrected chi connectivity index (χ4v) is 4.17. The third-order valence-corrected chi connectivity index (χ3v) is 5.70. The largest absolute Gasteiger partial charge is 0.497 e. The van der Waals surface area contributed by atoms with Crippen LogP contribution in [0.1, 0.15) is 55.3 Å². The van der Waals surface area contributed by atoms with Gasteiger partial charge in [0.2, 0.25) is 5.91 Å². The molecule has 0 bridgehead atoms. The molecule has 1 atom stereocenters. The second kappa shape index (κ2) is 9.31. The van der Waals surface area contributed by atoms with Crippen LogP contribution in [0.15, 0.2) is 36.4 Å². The number of anilines is 1. The van der Waals surface area contributed by atoms with Gasteiger partial charge in [-0.1, -0.05) is 38.1 Å². The van der Waals surface area contributed by atoms with Crippen molar-refractivity contribution in [2.75, 3.05) is 32.6 Å². The topological polar surface area (TPSA) is 50.8 Å². The molecule has 2 aromatic rings. The number of carbonyl (C=O) groups is 1. The maximum Gasteiger partial charge on any atom is 0.238 e. The van der Waals surface area contributed by atoms with Crippen LogP contribution in [0.2, 0.25) is 0 Å². The molecule has 156 valence electrons. The number of nitrogens with zero attached hydrogens (tertiary/aromatic N) is 1. The van der Waals surface area contributed by atoms with Crippen molar-refractivity contribution in [3.63, 3.8) is 0 Å². The predicted octanol–water partition coefficient (Wildman–Crippen LogP) is 4.91. The highest BCUT2D eigenvalue weighted by Crippen LogP contribution is 2.38. The maximum absolute atomic E-state index is 12.9. The van der Waals surface area contributed by atoms with Crippen molar-refractivity contribution in [3.05, 3.63) is 53.1 Å². The summed E-state index contributed by atoms with van der Waals surface area (Å²) >= 11 is 0. The Hall–Kier alpha value is -2.53. The number of nitrogens with one attached hydrogen (secondary N) is 1. The highest BCUT2D eigenvalue weighted by atomic mass is 16.5. The summed E-state index contributed by atoms with van der Waals surface area (Å²) in [5.74, 6) is 1.96. The van der Waals surface area contributed by atoms with E-state index < -0.39 is 0 Å². The van der Waals surface area contributed by atoms with E-state index in [4.69, 9.17) is 9.47 Å². The number of para-hydroxylation sites is 1. The van der Waals surface area contributed by atoms with Crippen molar-refractivity contribution in [2.45, 2.75) is 45.6 Å². The molecular weight excluding hydrogens is 364 g/mol. The molecule has 1 heterocycles. The van der Waals surface area contributed by atoms with Crippen LogP contribution in [0.25, 0.3) is 0 Å². The Morgan fingerprint density at radius 2 is 2.00 bits per heavy atom. The molecule has 5 heteroatoms. The zero-order valence-electron chi connectivity index (χ0n) is 18.1. The Bertz CT molecular complexity index is 863. The molecule has 2 aromatic carbocycles. The third-order valence-electron chi connectivity index (χ3n) is 5.70. The minimum atomic E-state index is 0.0283. The van der Waals surface area contributed by atoms with Gasteiger partial charge in [-0.2, -0.15) is 0 Å². The standard InChI is InChI=1S/C24H32N2O3/c1-16(2)19-9-6-8-17(3)24(19)25-23(27)15-26-13-7-10-21(26)20-12-11-18(28-4)14-22(20)29-5/h6,8-9,11-12,14,16,21H,7,10,13,15H2,1-5H3,(H,25,27)/t21-/m0/s1. The molecule has 5 nitrogen and oxygen atoms in total. The van der Waals surface area contributed by atoms with Gasteiger partial charge in [-0.05, 0) is 49.4 Å². The number of amides is 1. The maximum atomic E-state index is 12.9. The van der Waals surface area contributed by atoms with E-state index >= 15 is 0 Å². The molecule has 1 amide bonds. The summed E-state index contributed by atoms with van der Waals surface area (Å²) in [5.41, 5.74) is 4.33. The monoisotopic (exact) mass is 396 g/mol. The van der Waals surface area contributed by atoms with Gasteiger partial charge in [0.15, 0.2) is 0 Å². The number of methoxy groups -OCH3 is 2. The van der Waals surface area contributed by atoms with Crippen LogP contribution in [0.5, 0.6) is 11.5 Å². The lowest BCUT2D eigenvalue weighted by Crippen LogP contribution is -2.33. The molecule has 1 fully saturated rings. The molecule has 0 spiro atoms. The molecular formula is C24H32N2O3. The van der Waals surface area contributed by atoms with Gasteiger partial charge in [-0.15, -0.1) is 0 Å². The number of hydrogen-bond acceptors (Lipinski definition) is 4. The Balaban J connectivity index is 1.76. The minimum absolute atomic E-state index is 0.0283. The van der Waals surface area contributed by atoms with Crippen LogP contribution in [-0.4, -0.2) is 38.1 Å². The number of ether oxygens (including phenoxy) is 2. The molecule has 0 unspecified atom stereocenters. The number of benzene rings is 2. The first kappa shape index (κ1) is 21.2. The van der Waals surface area contributed by atoms with Gasteiger partial charge in [-0.3, -0.25) is 9.69 Å². The zero-order valence-corrected chi connectivity index (χ0v) is 18.1. The van der Waals surface area contributed by atoms with Crippen LogP contribution in [0.4, 0.5) is 5.69 Å². The molecule has 29 heavy (non-hydrogen) atoms. The summed E-state index contributed by atoms with van der Waals surface area (Å²) in [5, 5.41) is 3.17. The summed E-state index contributed by atoms with van der Waals surface area (Å²) in [4.78, 5) is 15.2. The number of likely N-dealkylation sites (tertiary alicyclic amines) is 1. The first-order valence-corrected chi connectivity index (χ1v) is 10.3. The van der Waals surface area contributed by atoms with Crippen molar-refractivity contribution < 1.29 is 14.3 Å². The summed E-state index contributed by atoms with van der Waals surface area (Å²) in [6.07, 6.45) is 2.08. The fraction of sp³-hybridized carbons (Fsp3) is 0.458. The van der Waals surface area contributed by atoms with E-state index in [1.807, 2.05) is 31.2 Å². The highest BCUT2D eigenvalue weighted by molar-refractivity contribution is 5.94. The SMILES string of the molecule is COc1ccc([C@@H]2CCCN2CC(=O)Nc2c(C)cccc2C(C)C)c(OC)c1. The molecule has 0 radical (unpaired) electrons. The van der Waals surface area contributed by atoms with E-state index in [-0.39, 0.29) is 11.9 Å². The molecule has 0 aromatic heterocycles. The van der Waals surface area contributed by atoms with E-state index in [9.17, 15) is 4.79 Å². The lowest BCUT2D eigenvalue weighted by atomic mass is 9.98. The summed E-state index contributed by atoms with van der Waals surface area (Å²) in [6, 6.07) is 12.3. The van der Waals surface area contributed by atoms with E-state index in [1.165, 1.54) is 5.56 Å². The first-order chi connectivity index (χ1) is 13.9. The average molecular weight is 397 g/mol. The van der Waals surface area contributed by atoms with Crippen molar-refractivity contribution >= 4 is 11.6 Å². The second-order valence-electron chi connectivity index (χ2n) is 7.98. The van der Waals surface area contributed by atoms with Gasteiger partial charge < -0.3 is 14.8 Å². The highest BCUT2D eigenvalue weighted by Gasteiger charge is 2.30. The molecule has 0 aliphatic carbocycles. The van der Waals surface area contributed by atoms with E-state index in [0.717, 1.165) is 47.7 Å². The van der Waals surface area contributed by atoms with Crippen LogP contribution >= 0.6 is 0 Å². The average Bonchev–Trinajstić information content (AvgIpc) is 3.16. The second-order valence-corrected chi connectivity index (χ2v) is 7.98. The number of carbonyl (C=O) groups excluding carboxylic acids is 1. The van der Waals surface area contributed by atoms with Crippen LogP contribution in [0.3, 0.4) is 0 Å². The van der Waals surface area contributed by atoms with Crippen molar-refractivity contribution in [3.8, 4) is 11.5 Å². The quantitative estimate of drug-likeness (QED) is 0.722. The van der Waals surface area contributed by atoms with Crippen LogP contribution in [-0.2, 0) is 4.79 Å². The normalized spacial score (nSPS) is 16.8. The molecule has 1 aliphatic heterocycles. The summed E-state index contributed by atoms with van der Waals surface area (Å²) < 4.78 is 10.9. The molecule has 1 saturated heterocycles. The molecule has 1 N–H and O–H groups in total.